The van der Waals surface area contributed by atoms with Gasteiger partial charge in [-0.15, -0.1) is 0 Å². The van der Waals surface area contributed by atoms with Crippen LogP contribution in [0.4, 0.5) is 24.7 Å². The number of halogens is 3. The number of nitrogens with one attached hydrogen (secondary N) is 3. The lowest BCUT2D eigenvalue weighted by molar-refractivity contribution is -0.149. The van der Waals surface area contributed by atoms with Gasteiger partial charge in [-0.2, -0.15) is 13.2 Å². The Bertz CT molecular complexity index is 504. The van der Waals surface area contributed by atoms with Gasteiger partial charge in [0.15, 0.2) is 0 Å². The Labute approximate surface area is 114 Å². The zero-order chi connectivity index (χ0) is 14.8. The number of rotatable bonds is 2. The van der Waals surface area contributed by atoms with Crippen molar-refractivity contribution in [3.63, 3.8) is 0 Å². The van der Waals surface area contributed by atoms with Gasteiger partial charge in [0, 0.05) is 13.1 Å². The predicted octanol–water partition coefficient (Wildman–Crippen LogP) is 1.99. The first-order valence-electron chi connectivity index (χ1n) is 6.24. The van der Waals surface area contributed by atoms with Gasteiger partial charge in [0.1, 0.15) is 17.6 Å². The van der Waals surface area contributed by atoms with Crippen molar-refractivity contribution >= 4 is 17.4 Å². The van der Waals surface area contributed by atoms with Crippen LogP contribution in [-0.4, -0.2) is 36.2 Å². The standard InChI is InChI=1S/C12H15F3N4O/c1-7(12(13,14)15)18-11(20)9-4-3-8-10(19-9)17-6-2-5-16-8/h3-4,7,16H,2,5-6H2,1H3,(H,17,19)(H,18,20)/t7-/m1/s1. The average Bonchev–Trinajstić information content (AvgIpc) is 2.61. The molecule has 110 valence electrons. The zero-order valence-electron chi connectivity index (χ0n) is 10.8. The van der Waals surface area contributed by atoms with Crippen molar-refractivity contribution in [2.24, 2.45) is 0 Å². The third-order valence-electron chi connectivity index (χ3n) is 2.93. The molecule has 2 rings (SSSR count). The van der Waals surface area contributed by atoms with Gasteiger partial charge in [-0.05, 0) is 25.5 Å². The second kappa shape index (κ2) is 5.56. The normalized spacial score (nSPS) is 16.2. The summed E-state index contributed by atoms with van der Waals surface area (Å²) >= 11 is 0. The van der Waals surface area contributed by atoms with Crippen LogP contribution in [0.25, 0.3) is 0 Å². The number of hydrogen-bond acceptors (Lipinski definition) is 4. The highest BCUT2D eigenvalue weighted by Gasteiger charge is 2.37. The van der Waals surface area contributed by atoms with Crippen molar-refractivity contribution in [2.75, 3.05) is 23.7 Å². The number of nitrogens with zero attached hydrogens (tertiary/aromatic N) is 1. The molecule has 0 spiro atoms. The molecule has 5 nitrogen and oxygen atoms in total. The first-order valence-corrected chi connectivity index (χ1v) is 6.24. The monoisotopic (exact) mass is 288 g/mol. The van der Waals surface area contributed by atoms with E-state index in [0.29, 0.717) is 12.4 Å². The molecule has 1 amide bonds. The Morgan fingerprint density at radius 3 is 2.75 bits per heavy atom. The van der Waals surface area contributed by atoms with E-state index in [4.69, 9.17) is 0 Å². The van der Waals surface area contributed by atoms with Crippen molar-refractivity contribution in [2.45, 2.75) is 25.6 Å². The van der Waals surface area contributed by atoms with E-state index in [1.54, 1.807) is 6.07 Å². The molecular weight excluding hydrogens is 273 g/mol. The Kier molecular flexibility index (Phi) is 4.01. The molecule has 0 saturated heterocycles. The molecule has 1 aliphatic rings. The average molecular weight is 288 g/mol. The van der Waals surface area contributed by atoms with Crippen LogP contribution in [0.2, 0.25) is 0 Å². The number of anilines is 2. The molecule has 8 heteroatoms. The summed E-state index contributed by atoms with van der Waals surface area (Å²) in [5.74, 6) is -0.363. The molecule has 3 N–H and O–H groups in total. The highest BCUT2D eigenvalue weighted by Crippen LogP contribution is 2.23. The number of alkyl halides is 3. The fraction of sp³-hybridized carbons (Fsp3) is 0.500. The molecule has 0 aliphatic carbocycles. The summed E-state index contributed by atoms with van der Waals surface area (Å²) in [6.45, 7) is 2.36. The fourth-order valence-corrected chi connectivity index (χ4v) is 1.73. The first-order chi connectivity index (χ1) is 9.38. The third kappa shape index (κ3) is 3.31. The Balaban J connectivity index is 2.13. The summed E-state index contributed by atoms with van der Waals surface area (Å²) in [7, 11) is 0. The number of carbonyl (C=O) groups excluding carboxylic acids is 1. The third-order valence-corrected chi connectivity index (χ3v) is 2.93. The Hall–Kier alpha value is -1.99. The van der Waals surface area contributed by atoms with E-state index >= 15 is 0 Å². The van der Waals surface area contributed by atoms with Gasteiger partial charge in [-0.1, -0.05) is 0 Å². The summed E-state index contributed by atoms with van der Waals surface area (Å²) < 4.78 is 37.2. The summed E-state index contributed by atoms with van der Waals surface area (Å²) in [6, 6.07) is 1.12. The van der Waals surface area contributed by atoms with Crippen molar-refractivity contribution in [3.8, 4) is 0 Å². The molecule has 0 bridgehead atoms. The van der Waals surface area contributed by atoms with Gasteiger partial charge in [-0.3, -0.25) is 4.79 Å². The van der Waals surface area contributed by atoms with Gasteiger partial charge in [0.05, 0.1) is 5.69 Å². The molecule has 1 aromatic heterocycles. The smallest absolute Gasteiger partial charge is 0.382 e. The molecule has 0 radical (unpaired) electrons. The minimum absolute atomic E-state index is 0.0453. The van der Waals surface area contributed by atoms with Crippen molar-refractivity contribution < 1.29 is 18.0 Å². The minimum Gasteiger partial charge on any atom is -0.382 e. The van der Waals surface area contributed by atoms with E-state index < -0.39 is 18.1 Å². The van der Waals surface area contributed by atoms with E-state index in [9.17, 15) is 18.0 Å². The number of hydrogen-bond donors (Lipinski definition) is 3. The number of carbonyl (C=O) groups is 1. The lowest BCUT2D eigenvalue weighted by Gasteiger charge is -2.17. The van der Waals surface area contributed by atoms with Gasteiger partial charge in [0.2, 0.25) is 0 Å². The molecule has 0 unspecified atom stereocenters. The molecule has 20 heavy (non-hydrogen) atoms. The predicted molar refractivity (Wildman–Crippen MR) is 68.8 cm³/mol. The summed E-state index contributed by atoms with van der Waals surface area (Å²) in [4.78, 5) is 15.8. The number of pyridine rings is 1. The fourth-order valence-electron chi connectivity index (χ4n) is 1.73. The maximum absolute atomic E-state index is 12.4. The van der Waals surface area contributed by atoms with Crippen molar-refractivity contribution in [1.29, 1.82) is 0 Å². The Morgan fingerprint density at radius 2 is 2.05 bits per heavy atom. The molecule has 0 saturated carbocycles. The van der Waals surface area contributed by atoms with Gasteiger partial charge < -0.3 is 16.0 Å². The van der Waals surface area contributed by atoms with Crippen LogP contribution in [0, 0.1) is 0 Å². The molecule has 2 heterocycles. The molecule has 1 atom stereocenters. The number of amides is 1. The summed E-state index contributed by atoms with van der Waals surface area (Å²) in [6.07, 6.45) is -3.58. The SMILES string of the molecule is C[C@@H](NC(=O)c1ccc2c(n1)NCCCN2)C(F)(F)F. The molecule has 0 fully saturated rings. The van der Waals surface area contributed by atoms with Crippen LogP contribution < -0.4 is 16.0 Å². The van der Waals surface area contributed by atoms with E-state index in [1.165, 1.54) is 6.07 Å². The first kappa shape index (κ1) is 14.4. The second-order valence-electron chi connectivity index (χ2n) is 4.54. The van der Waals surface area contributed by atoms with Crippen LogP contribution in [0.1, 0.15) is 23.8 Å². The summed E-state index contributed by atoms with van der Waals surface area (Å²) in [5.41, 5.74) is 0.693. The van der Waals surface area contributed by atoms with Crippen LogP contribution in [0.3, 0.4) is 0 Å². The van der Waals surface area contributed by atoms with Crippen LogP contribution >= 0.6 is 0 Å². The minimum atomic E-state index is -4.47. The van der Waals surface area contributed by atoms with Crippen molar-refractivity contribution in [1.82, 2.24) is 10.3 Å². The lowest BCUT2D eigenvalue weighted by atomic mass is 10.2. The quantitative estimate of drug-likeness (QED) is 0.778. The molecule has 0 aromatic carbocycles. The maximum Gasteiger partial charge on any atom is 0.408 e. The topological polar surface area (TPSA) is 66.0 Å². The van der Waals surface area contributed by atoms with Crippen molar-refractivity contribution in [3.05, 3.63) is 17.8 Å². The van der Waals surface area contributed by atoms with Gasteiger partial charge >= 0.3 is 6.18 Å². The number of aromatic nitrogens is 1. The van der Waals surface area contributed by atoms with Gasteiger partial charge in [0.25, 0.3) is 5.91 Å². The second-order valence-corrected chi connectivity index (χ2v) is 4.54. The molecule has 1 aliphatic heterocycles. The van der Waals surface area contributed by atoms with E-state index in [2.05, 4.69) is 15.6 Å². The van der Waals surface area contributed by atoms with E-state index in [1.807, 2.05) is 5.32 Å². The van der Waals surface area contributed by atoms with E-state index in [0.717, 1.165) is 25.6 Å². The largest absolute Gasteiger partial charge is 0.408 e. The lowest BCUT2D eigenvalue weighted by Crippen LogP contribution is -2.43. The Morgan fingerprint density at radius 1 is 1.35 bits per heavy atom. The van der Waals surface area contributed by atoms with Crippen LogP contribution in [0.15, 0.2) is 12.1 Å². The summed E-state index contributed by atoms with van der Waals surface area (Å²) in [5, 5.41) is 8.03. The zero-order valence-corrected chi connectivity index (χ0v) is 10.8. The van der Waals surface area contributed by atoms with Crippen LogP contribution in [-0.2, 0) is 0 Å². The highest BCUT2D eigenvalue weighted by atomic mass is 19.4. The highest BCUT2D eigenvalue weighted by molar-refractivity contribution is 5.93. The molecular formula is C12H15F3N4O. The molecule has 1 aromatic rings. The number of fused-ring (bicyclic) bond motifs is 1. The van der Waals surface area contributed by atoms with E-state index in [-0.39, 0.29) is 5.69 Å². The maximum atomic E-state index is 12.4. The van der Waals surface area contributed by atoms with Gasteiger partial charge in [-0.25, -0.2) is 4.98 Å². The van der Waals surface area contributed by atoms with Crippen LogP contribution in [0.5, 0.6) is 0 Å².